The highest BCUT2D eigenvalue weighted by Gasteiger charge is 2.10. The van der Waals surface area contributed by atoms with E-state index in [9.17, 15) is 0 Å². The fraction of sp³-hybridized carbons (Fsp3) is 0.143. The highest BCUT2D eigenvalue weighted by molar-refractivity contribution is 9.10. The molecule has 106 valence electrons. The molecular weight excluding hydrogens is 344 g/mol. The molecule has 0 saturated carbocycles. The zero-order valence-electron chi connectivity index (χ0n) is 11.0. The minimum Gasteiger partial charge on any atom is -0.493 e. The summed E-state index contributed by atoms with van der Waals surface area (Å²) in [4.78, 5) is 0. The van der Waals surface area contributed by atoms with Crippen LogP contribution in [0.15, 0.2) is 34.8 Å². The van der Waals surface area contributed by atoms with Crippen LogP contribution >= 0.6 is 27.5 Å². The Morgan fingerprint density at radius 2 is 1.70 bits per heavy atom. The van der Waals surface area contributed by atoms with E-state index in [1.807, 2.05) is 12.1 Å². The van der Waals surface area contributed by atoms with E-state index in [0.29, 0.717) is 27.9 Å². The minimum atomic E-state index is 0.550. The molecule has 2 aromatic carbocycles. The first-order valence-corrected chi connectivity index (χ1v) is 6.96. The van der Waals surface area contributed by atoms with E-state index in [0.717, 1.165) is 10.2 Å². The Hall–Kier alpha value is -1.59. The van der Waals surface area contributed by atoms with Gasteiger partial charge in [-0.2, -0.15) is 0 Å². The SMILES string of the molecule is COc1cc(N)c(Nc2cc(Cl)ccc2Br)cc1OC. The lowest BCUT2D eigenvalue weighted by atomic mass is 10.2. The fourth-order valence-electron chi connectivity index (χ4n) is 1.74. The first-order chi connectivity index (χ1) is 9.55. The van der Waals surface area contributed by atoms with Gasteiger partial charge in [-0.15, -0.1) is 0 Å². The van der Waals surface area contributed by atoms with Crippen molar-refractivity contribution in [2.24, 2.45) is 0 Å². The molecule has 2 aromatic rings. The Morgan fingerprint density at radius 1 is 1.05 bits per heavy atom. The molecule has 2 rings (SSSR count). The summed E-state index contributed by atoms with van der Waals surface area (Å²) >= 11 is 9.45. The molecule has 6 heteroatoms. The molecule has 0 atom stereocenters. The van der Waals surface area contributed by atoms with E-state index in [1.54, 1.807) is 32.4 Å². The van der Waals surface area contributed by atoms with E-state index >= 15 is 0 Å². The van der Waals surface area contributed by atoms with Crippen molar-refractivity contribution in [3.05, 3.63) is 39.8 Å². The van der Waals surface area contributed by atoms with Crippen LogP contribution in [-0.4, -0.2) is 14.2 Å². The van der Waals surface area contributed by atoms with Crippen LogP contribution in [0.5, 0.6) is 11.5 Å². The Kier molecular flexibility index (Phi) is 4.62. The maximum atomic E-state index is 6.01. The number of hydrogen-bond donors (Lipinski definition) is 2. The summed E-state index contributed by atoms with van der Waals surface area (Å²) < 4.78 is 11.4. The number of anilines is 3. The molecule has 0 fully saturated rings. The van der Waals surface area contributed by atoms with Crippen LogP contribution < -0.4 is 20.5 Å². The van der Waals surface area contributed by atoms with Gasteiger partial charge in [0.15, 0.2) is 11.5 Å². The van der Waals surface area contributed by atoms with Crippen LogP contribution in [-0.2, 0) is 0 Å². The second kappa shape index (κ2) is 6.24. The molecule has 0 spiro atoms. The molecule has 0 aliphatic carbocycles. The van der Waals surface area contributed by atoms with E-state index in [1.165, 1.54) is 0 Å². The van der Waals surface area contributed by atoms with Gasteiger partial charge in [0.25, 0.3) is 0 Å². The molecular formula is C14H14BrClN2O2. The number of rotatable bonds is 4. The van der Waals surface area contributed by atoms with Crippen LogP contribution in [0.25, 0.3) is 0 Å². The van der Waals surface area contributed by atoms with Gasteiger partial charge in [0, 0.05) is 21.6 Å². The van der Waals surface area contributed by atoms with Crippen molar-refractivity contribution in [1.82, 2.24) is 0 Å². The Labute approximate surface area is 131 Å². The van der Waals surface area contributed by atoms with E-state index in [2.05, 4.69) is 21.2 Å². The smallest absolute Gasteiger partial charge is 0.162 e. The van der Waals surface area contributed by atoms with Crippen molar-refractivity contribution in [2.45, 2.75) is 0 Å². The first-order valence-electron chi connectivity index (χ1n) is 5.78. The number of nitrogens with one attached hydrogen (secondary N) is 1. The van der Waals surface area contributed by atoms with Crippen LogP contribution in [0.2, 0.25) is 5.02 Å². The van der Waals surface area contributed by atoms with Crippen molar-refractivity contribution in [2.75, 3.05) is 25.3 Å². The molecule has 0 heterocycles. The quantitative estimate of drug-likeness (QED) is 0.794. The molecule has 0 unspecified atom stereocenters. The monoisotopic (exact) mass is 356 g/mol. The van der Waals surface area contributed by atoms with Crippen molar-refractivity contribution in [3.63, 3.8) is 0 Å². The molecule has 20 heavy (non-hydrogen) atoms. The zero-order valence-corrected chi connectivity index (χ0v) is 13.4. The molecule has 0 radical (unpaired) electrons. The van der Waals surface area contributed by atoms with Gasteiger partial charge in [0.05, 0.1) is 31.3 Å². The van der Waals surface area contributed by atoms with E-state index in [-0.39, 0.29) is 0 Å². The van der Waals surface area contributed by atoms with Crippen molar-refractivity contribution < 1.29 is 9.47 Å². The molecule has 0 aromatic heterocycles. The number of methoxy groups -OCH3 is 2. The highest BCUT2D eigenvalue weighted by Crippen LogP contribution is 2.37. The van der Waals surface area contributed by atoms with Gasteiger partial charge in [-0.25, -0.2) is 0 Å². The van der Waals surface area contributed by atoms with Gasteiger partial charge in [-0.3, -0.25) is 0 Å². The third-order valence-corrected chi connectivity index (χ3v) is 3.68. The van der Waals surface area contributed by atoms with E-state index in [4.69, 9.17) is 26.8 Å². The van der Waals surface area contributed by atoms with Crippen LogP contribution in [0.3, 0.4) is 0 Å². The minimum absolute atomic E-state index is 0.550. The number of hydrogen-bond acceptors (Lipinski definition) is 4. The summed E-state index contributed by atoms with van der Waals surface area (Å²) in [7, 11) is 3.14. The van der Waals surface area contributed by atoms with Crippen molar-refractivity contribution in [1.29, 1.82) is 0 Å². The molecule has 0 aliphatic rings. The Balaban J connectivity index is 2.40. The Morgan fingerprint density at radius 3 is 2.35 bits per heavy atom. The van der Waals surface area contributed by atoms with Gasteiger partial charge >= 0.3 is 0 Å². The number of halogens is 2. The summed E-state index contributed by atoms with van der Waals surface area (Å²) in [6.07, 6.45) is 0. The zero-order chi connectivity index (χ0) is 14.7. The molecule has 4 nitrogen and oxygen atoms in total. The van der Waals surface area contributed by atoms with Crippen molar-refractivity contribution in [3.8, 4) is 11.5 Å². The topological polar surface area (TPSA) is 56.5 Å². The molecule has 0 bridgehead atoms. The van der Waals surface area contributed by atoms with Crippen LogP contribution in [0, 0.1) is 0 Å². The van der Waals surface area contributed by atoms with Crippen LogP contribution in [0.4, 0.5) is 17.1 Å². The third kappa shape index (κ3) is 3.11. The summed E-state index contributed by atoms with van der Waals surface area (Å²) in [6, 6.07) is 8.96. The Bertz CT molecular complexity index is 635. The standard InChI is InChI=1S/C14H14BrClN2O2/c1-19-13-6-10(17)12(7-14(13)20-2)18-11-5-8(16)3-4-9(11)15/h3-7,18H,17H2,1-2H3. The predicted octanol–water partition coefficient (Wildman–Crippen LogP) is 4.45. The lowest BCUT2D eigenvalue weighted by molar-refractivity contribution is 0.355. The van der Waals surface area contributed by atoms with E-state index < -0.39 is 0 Å². The van der Waals surface area contributed by atoms with Gasteiger partial charge in [-0.1, -0.05) is 11.6 Å². The fourth-order valence-corrected chi connectivity index (χ4v) is 2.26. The molecule has 3 N–H and O–H groups in total. The first kappa shape index (κ1) is 14.8. The van der Waals surface area contributed by atoms with Crippen molar-refractivity contribution >= 4 is 44.6 Å². The summed E-state index contributed by atoms with van der Waals surface area (Å²) in [5.74, 6) is 1.18. The lowest BCUT2D eigenvalue weighted by Crippen LogP contribution is -2.00. The van der Waals surface area contributed by atoms with Gasteiger partial charge in [0.1, 0.15) is 0 Å². The lowest BCUT2D eigenvalue weighted by Gasteiger charge is -2.15. The number of ether oxygens (including phenoxy) is 2. The maximum absolute atomic E-state index is 6.01. The third-order valence-electron chi connectivity index (χ3n) is 2.75. The maximum Gasteiger partial charge on any atom is 0.162 e. The molecule has 0 saturated heterocycles. The number of nitrogen functional groups attached to an aromatic ring is 1. The molecule has 0 aliphatic heterocycles. The second-order valence-corrected chi connectivity index (χ2v) is 5.33. The summed E-state index contributed by atoms with van der Waals surface area (Å²) in [5, 5.41) is 3.85. The largest absolute Gasteiger partial charge is 0.493 e. The molecule has 0 amide bonds. The predicted molar refractivity (Wildman–Crippen MR) is 86.4 cm³/mol. The van der Waals surface area contributed by atoms with Gasteiger partial charge in [-0.05, 0) is 34.1 Å². The average molecular weight is 358 g/mol. The average Bonchev–Trinajstić information content (AvgIpc) is 2.44. The number of nitrogens with two attached hydrogens (primary N) is 1. The summed E-state index contributed by atoms with van der Waals surface area (Å²) in [5.41, 5.74) is 8.09. The van der Waals surface area contributed by atoms with Gasteiger partial charge in [0.2, 0.25) is 0 Å². The summed E-state index contributed by atoms with van der Waals surface area (Å²) in [6.45, 7) is 0. The van der Waals surface area contributed by atoms with Gasteiger partial charge < -0.3 is 20.5 Å². The van der Waals surface area contributed by atoms with Crippen LogP contribution in [0.1, 0.15) is 0 Å². The normalized spacial score (nSPS) is 10.2. The highest BCUT2D eigenvalue weighted by atomic mass is 79.9. The second-order valence-electron chi connectivity index (χ2n) is 4.04. The number of benzene rings is 2.